The average Bonchev–Trinajstić information content (AvgIpc) is 1.86. The van der Waals surface area contributed by atoms with Gasteiger partial charge < -0.3 is 114 Å². The van der Waals surface area contributed by atoms with Crippen molar-refractivity contribution < 1.29 is 115 Å². The molecule has 31 nitrogen and oxygen atoms in total. The van der Waals surface area contributed by atoms with Crippen LogP contribution in [0.3, 0.4) is 0 Å². The number of fused-ring (bicyclic) bond motifs is 1. The third-order valence-corrected chi connectivity index (χ3v) is 14.6. The summed E-state index contributed by atoms with van der Waals surface area (Å²) in [5.74, 6) is -3.48. The fraction of sp³-hybridized carbons (Fsp3) is 0.759. The second-order valence-corrected chi connectivity index (χ2v) is 21.4. The van der Waals surface area contributed by atoms with Crippen LogP contribution in [0.2, 0.25) is 0 Å². The highest BCUT2D eigenvalue weighted by Gasteiger charge is 2.42. The Morgan fingerprint density at radius 3 is 1.41 bits per heavy atom. The molecule has 3 rings (SSSR count). The third-order valence-electron chi connectivity index (χ3n) is 13.1. The summed E-state index contributed by atoms with van der Waals surface area (Å²) in [6, 6.07) is 2.94. The number of ether oxygens (including phenoxy) is 13. The normalized spacial score (nSPS) is 15.7. The number of nitrogens with one attached hydrogen (secondary N) is 7. The van der Waals surface area contributed by atoms with E-state index in [4.69, 9.17) is 66.7 Å². The van der Waals surface area contributed by atoms with Gasteiger partial charge in [0.1, 0.15) is 24.4 Å². The van der Waals surface area contributed by atoms with Gasteiger partial charge in [0.05, 0.1) is 183 Å². The lowest BCUT2D eigenvalue weighted by molar-refractivity contribution is -0.141. The SMILES string of the molecule is O=C(O)CC[C@H](NC(=O)N[C@@H](CCCCNC(=O)c1ccccc1OCCNC(=O)CCOCCOCCOCCOCCOCCOCCOCCOCCOCCOCCOCCOCCNC(=O)CCCC[C@@H]1SC[C@@H]2NC(=O)N[C@@H]21)C(=O)O)C(=O)O. The molecular weight excluding hydrogens is 1210 g/mol. The molecule has 7 amide bonds. The van der Waals surface area contributed by atoms with Gasteiger partial charge in [0, 0.05) is 43.4 Å². The first kappa shape index (κ1) is 78.5. The molecular formula is C58H97N7O24S. The molecule has 1 aromatic carbocycles. The van der Waals surface area contributed by atoms with E-state index in [1.165, 1.54) is 0 Å². The summed E-state index contributed by atoms with van der Waals surface area (Å²) in [6.45, 7) is 10.9. The van der Waals surface area contributed by atoms with E-state index in [2.05, 4.69) is 37.2 Å². The predicted octanol–water partition coefficient (Wildman–Crippen LogP) is 0.583. The average molecular weight is 1310 g/mol. The number of aliphatic carboxylic acids is 3. The van der Waals surface area contributed by atoms with Gasteiger partial charge in [0.15, 0.2) is 0 Å². The van der Waals surface area contributed by atoms with Crippen LogP contribution in [0.25, 0.3) is 0 Å². The van der Waals surface area contributed by atoms with Crippen LogP contribution in [0.4, 0.5) is 9.59 Å². The topological polar surface area (TPSA) is 401 Å². The van der Waals surface area contributed by atoms with Crippen LogP contribution >= 0.6 is 11.8 Å². The van der Waals surface area contributed by atoms with Crippen molar-refractivity contribution in [3.05, 3.63) is 29.8 Å². The summed E-state index contributed by atoms with van der Waals surface area (Å²) in [4.78, 5) is 94.8. The molecule has 0 aromatic heterocycles. The highest BCUT2D eigenvalue weighted by molar-refractivity contribution is 8.00. The molecule has 2 aliphatic heterocycles. The molecule has 5 atom stereocenters. The smallest absolute Gasteiger partial charge is 0.326 e. The van der Waals surface area contributed by atoms with Crippen molar-refractivity contribution in [1.29, 1.82) is 0 Å². The highest BCUT2D eigenvalue weighted by atomic mass is 32.2. The largest absolute Gasteiger partial charge is 0.491 e. The van der Waals surface area contributed by atoms with Gasteiger partial charge in [-0.05, 0) is 50.7 Å². The first-order valence-corrected chi connectivity index (χ1v) is 31.8. The first-order chi connectivity index (χ1) is 43.8. The van der Waals surface area contributed by atoms with Crippen molar-refractivity contribution in [2.24, 2.45) is 0 Å². The van der Waals surface area contributed by atoms with E-state index >= 15 is 0 Å². The Labute approximate surface area is 530 Å². The molecule has 514 valence electrons. The van der Waals surface area contributed by atoms with E-state index in [-0.39, 0.29) is 87.5 Å². The molecule has 1 aromatic rings. The van der Waals surface area contributed by atoms with Crippen molar-refractivity contribution in [2.45, 2.75) is 93.6 Å². The van der Waals surface area contributed by atoms with E-state index in [1.54, 1.807) is 24.3 Å². The number of unbranched alkanes of at least 4 members (excludes halogenated alkanes) is 2. The molecule has 0 aliphatic carbocycles. The molecule has 2 aliphatic rings. The van der Waals surface area contributed by atoms with Crippen molar-refractivity contribution in [3.63, 3.8) is 0 Å². The molecule has 0 bridgehead atoms. The number of hydrogen-bond donors (Lipinski definition) is 10. The highest BCUT2D eigenvalue weighted by Crippen LogP contribution is 2.33. The van der Waals surface area contributed by atoms with Crippen LogP contribution < -0.4 is 42.0 Å². The number of carboxylic acid groups (broad SMARTS) is 3. The van der Waals surface area contributed by atoms with Crippen molar-refractivity contribution >= 4 is 59.5 Å². The minimum absolute atomic E-state index is 0.0261. The standard InChI is InChI=1S/C58H97N7O24S/c66-50(11-4-3-10-49-53-47(43-90-49)64-58(76)65-53)59-16-19-78-22-24-80-26-28-82-30-32-84-34-36-86-38-40-88-42-41-87-39-37-85-35-33-83-31-29-81-27-25-79-23-21-77-18-14-51(67)60-17-20-89-48-9-2-1-7-44(48)54(70)61-15-6-5-8-45(55(71)72)62-57(75)63-46(56(73)74)12-13-52(68)69/h1-2,7,9,45-47,49,53H,3-6,8,10-43H2,(H,59,66)(H,60,67)(H,61,70)(H,68,69)(H,71,72)(H,73,74)(H2,62,63,75)(H2,64,65,76)/t45-,46-,47-,49-,53-/m0/s1. The van der Waals surface area contributed by atoms with E-state index in [0.29, 0.717) is 182 Å². The van der Waals surface area contributed by atoms with Gasteiger partial charge in [-0.1, -0.05) is 18.6 Å². The number of amides is 7. The monoisotopic (exact) mass is 1310 g/mol. The summed E-state index contributed by atoms with van der Waals surface area (Å²) in [7, 11) is 0. The van der Waals surface area contributed by atoms with Crippen molar-refractivity contribution in [2.75, 3.05) is 191 Å². The number of carboxylic acids is 3. The summed E-state index contributed by atoms with van der Waals surface area (Å²) >= 11 is 1.89. The Morgan fingerprint density at radius 2 is 0.922 bits per heavy atom. The summed E-state index contributed by atoms with van der Waals surface area (Å²) in [5, 5.41) is 46.5. The number of carbonyl (C=O) groups is 8. The van der Waals surface area contributed by atoms with Gasteiger partial charge in [-0.3, -0.25) is 19.2 Å². The molecule has 90 heavy (non-hydrogen) atoms. The van der Waals surface area contributed by atoms with Gasteiger partial charge >= 0.3 is 30.0 Å². The maximum atomic E-state index is 12.9. The van der Waals surface area contributed by atoms with Crippen molar-refractivity contribution in [3.8, 4) is 5.75 Å². The number of benzene rings is 1. The third kappa shape index (κ3) is 40.9. The molecule has 2 heterocycles. The second-order valence-electron chi connectivity index (χ2n) is 20.1. The quantitative estimate of drug-likeness (QED) is 0.0315. The molecule has 10 N–H and O–H groups in total. The van der Waals surface area contributed by atoms with E-state index in [0.717, 1.165) is 25.0 Å². The number of rotatable bonds is 61. The molecule has 32 heteroatoms. The van der Waals surface area contributed by atoms with Crippen LogP contribution in [0.15, 0.2) is 24.3 Å². The van der Waals surface area contributed by atoms with Crippen LogP contribution in [0.1, 0.15) is 74.6 Å². The zero-order chi connectivity index (χ0) is 64.9. The van der Waals surface area contributed by atoms with Crippen LogP contribution in [0.5, 0.6) is 5.75 Å². The van der Waals surface area contributed by atoms with Crippen molar-refractivity contribution in [1.82, 2.24) is 37.2 Å². The molecule has 0 spiro atoms. The fourth-order valence-electron chi connectivity index (χ4n) is 8.44. The Balaban J connectivity index is 0.957. The van der Waals surface area contributed by atoms with E-state index < -0.39 is 48.4 Å². The molecule has 0 saturated carbocycles. The Morgan fingerprint density at radius 1 is 0.478 bits per heavy atom. The number of para-hydroxylation sites is 1. The minimum Gasteiger partial charge on any atom is -0.491 e. The Kier molecular flexibility index (Phi) is 46.1. The van der Waals surface area contributed by atoms with Crippen LogP contribution in [-0.2, 0) is 80.8 Å². The lowest BCUT2D eigenvalue weighted by Gasteiger charge is -2.18. The minimum atomic E-state index is -1.52. The molecule has 0 unspecified atom stereocenters. The van der Waals surface area contributed by atoms with Gasteiger partial charge in [0.2, 0.25) is 11.8 Å². The van der Waals surface area contributed by atoms with Gasteiger partial charge in [-0.15, -0.1) is 0 Å². The predicted molar refractivity (Wildman–Crippen MR) is 324 cm³/mol. The Hall–Kier alpha value is -5.75. The molecule has 0 radical (unpaired) electrons. The second kappa shape index (κ2) is 52.8. The van der Waals surface area contributed by atoms with Gasteiger partial charge in [-0.25, -0.2) is 19.2 Å². The summed E-state index contributed by atoms with van der Waals surface area (Å²) in [5.41, 5.74) is 0.251. The molecule has 2 saturated heterocycles. The molecule has 2 fully saturated rings. The fourth-order valence-corrected chi connectivity index (χ4v) is 9.99. The Bertz CT molecular complexity index is 2140. The van der Waals surface area contributed by atoms with Crippen LogP contribution in [0, 0.1) is 0 Å². The number of hydrogen-bond acceptors (Lipinski definition) is 22. The van der Waals surface area contributed by atoms with Crippen LogP contribution in [-0.4, -0.2) is 283 Å². The van der Waals surface area contributed by atoms with E-state index in [1.807, 2.05) is 11.8 Å². The lowest BCUT2D eigenvalue weighted by Crippen LogP contribution is -2.51. The summed E-state index contributed by atoms with van der Waals surface area (Å²) < 4.78 is 71.9. The number of thioether (sulfide) groups is 1. The lowest BCUT2D eigenvalue weighted by atomic mass is 10.0. The number of urea groups is 2. The zero-order valence-corrected chi connectivity index (χ0v) is 52.4. The zero-order valence-electron chi connectivity index (χ0n) is 51.6. The van der Waals surface area contributed by atoms with E-state index in [9.17, 15) is 48.6 Å². The maximum absolute atomic E-state index is 12.9. The maximum Gasteiger partial charge on any atom is 0.326 e. The van der Waals surface area contributed by atoms with Gasteiger partial charge in [0.25, 0.3) is 5.91 Å². The van der Waals surface area contributed by atoms with Gasteiger partial charge in [-0.2, -0.15) is 11.8 Å². The summed E-state index contributed by atoms with van der Waals surface area (Å²) in [6.07, 6.45) is 3.10. The number of carbonyl (C=O) groups excluding carboxylic acids is 5. The first-order valence-electron chi connectivity index (χ1n) is 30.7.